The predicted octanol–water partition coefficient (Wildman–Crippen LogP) is 2.73. The molecule has 1 aromatic rings. The van der Waals surface area contributed by atoms with Crippen LogP contribution in [0.3, 0.4) is 0 Å². The van der Waals surface area contributed by atoms with Crippen molar-refractivity contribution in [3.05, 3.63) is 34.6 Å². The molecule has 2 atom stereocenters. The van der Waals surface area contributed by atoms with Gasteiger partial charge in [-0.1, -0.05) is 30.5 Å². The number of halogens is 2. The summed E-state index contributed by atoms with van der Waals surface area (Å²) >= 11 is 5.68. The molecule has 1 fully saturated rings. The van der Waals surface area contributed by atoms with Gasteiger partial charge in [0.15, 0.2) is 5.82 Å². The number of nitrogens with one attached hydrogen (secondary N) is 1. The van der Waals surface area contributed by atoms with Crippen LogP contribution in [0.2, 0.25) is 5.02 Å². The molecular formula is C14H18ClFN2O. The summed E-state index contributed by atoms with van der Waals surface area (Å²) in [5, 5.41) is 2.85. The number of nitrogens with two attached hydrogens (primary N) is 1. The molecule has 2 rings (SSSR count). The van der Waals surface area contributed by atoms with Gasteiger partial charge >= 0.3 is 0 Å². The number of carbonyl (C=O) groups is 1. The van der Waals surface area contributed by atoms with Crippen molar-refractivity contribution in [2.45, 2.75) is 31.7 Å². The number of hydrogen-bond donors (Lipinski definition) is 2. The highest BCUT2D eigenvalue weighted by Gasteiger charge is 2.26. The Balaban J connectivity index is 2.09. The minimum Gasteiger partial charge on any atom is -0.349 e. The van der Waals surface area contributed by atoms with E-state index in [4.69, 9.17) is 17.3 Å². The summed E-state index contributed by atoms with van der Waals surface area (Å²) in [5.74, 6) is -0.799. The largest absolute Gasteiger partial charge is 0.349 e. The van der Waals surface area contributed by atoms with Crippen LogP contribution in [-0.4, -0.2) is 18.5 Å². The number of hydrogen-bond acceptors (Lipinski definition) is 2. The number of carbonyl (C=O) groups excluding carboxylic acids is 1. The van der Waals surface area contributed by atoms with Crippen molar-refractivity contribution >= 4 is 17.5 Å². The molecule has 1 aromatic carbocycles. The lowest BCUT2D eigenvalue weighted by molar-refractivity contribution is 0.0904. The van der Waals surface area contributed by atoms with Gasteiger partial charge in [-0.15, -0.1) is 0 Å². The van der Waals surface area contributed by atoms with Gasteiger partial charge in [0.2, 0.25) is 0 Å². The Kier molecular flexibility index (Phi) is 4.77. The van der Waals surface area contributed by atoms with Crippen LogP contribution < -0.4 is 11.1 Å². The van der Waals surface area contributed by atoms with E-state index < -0.39 is 11.7 Å². The van der Waals surface area contributed by atoms with Crippen molar-refractivity contribution in [2.24, 2.45) is 11.7 Å². The first-order chi connectivity index (χ1) is 9.13. The normalized spacial score (nSPS) is 23.1. The SMILES string of the molecule is NCC1CCCCC1NC(=O)c1cccc(Cl)c1F. The zero-order valence-electron chi connectivity index (χ0n) is 10.7. The molecular weight excluding hydrogens is 267 g/mol. The Morgan fingerprint density at radius 2 is 2.16 bits per heavy atom. The first-order valence-electron chi connectivity index (χ1n) is 6.58. The lowest BCUT2D eigenvalue weighted by Gasteiger charge is -2.31. The smallest absolute Gasteiger partial charge is 0.254 e. The van der Waals surface area contributed by atoms with Gasteiger partial charge in [0, 0.05) is 6.04 Å². The monoisotopic (exact) mass is 284 g/mol. The molecule has 104 valence electrons. The Morgan fingerprint density at radius 1 is 1.42 bits per heavy atom. The van der Waals surface area contributed by atoms with E-state index in [1.165, 1.54) is 12.1 Å². The molecule has 0 spiro atoms. The maximum Gasteiger partial charge on any atom is 0.254 e. The Labute approximate surface area is 117 Å². The average molecular weight is 285 g/mol. The molecule has 0 aliphatic heterocycles. The fourth-order valence-electron chi connectivity index (χ4n) is 2.61. The molecule has 0 heterocycles. The highest BCUT2D eigenvalue weighted by molar-refractivity contribution is 6.31. The zero-order chi connectivity index (χ0) is 13.8. The summed E-state index contributed by atoms with van der Waals surface area (Å²) in [4.78, 5) is 12.1. The third kappa shape index (κ3) is 3.25. The van der Waals surface area contributed by atoms with Crippen molar-refractivity contribution in [2.75, 3.05) is 6.54 Å². The maximum atomic E-state index is 13.8. The summed E-state index contributed by atoms with van der Waals surface area (Å²) in [6, 6.07) is 4.47. The van der Waals surface area contributed by atoms with E-state index in [0.717, 1.165) is 25.7 Å². The van der Waals surface area contributed by atoms with Crippen LogP contribution in [0, 0.1) is 11.7 Å². The van der Waals surface area contributed by atoms with Crippen molar-refractivity contribution in [1.29, 1.82) is 0 Å². The highest BCUT2D eigenvalue weighted by atomic mass is 35.5. The second kappa shape index (κ2) is 6.35. The van der Waals surface area contributed by atoms with Crippen LogP contribution in [0.5, 0.6) is 0 Å². The lowest BCUT2D eigenvalue weighted by atomic mass is 9.84. The van der Waals surface area contributed by atoms with Gasteiger partial charge in [-0.05, 0) is 37.4 Å². The molecule has 3 N–H and O–H groups in total. The molecule has 2 unspecified atom stereocenters. The van der Waals surface area contributed by atoms with Crippen LogP contribution in [0.25, 0.3) is 0 Å². The highest BCUT2D eigenvalue weighted by Crippen LogP contribution is 2.24. The first-order valence-corrected chi connectivity index (χ1v) is 6.96. The third-order valence-corrected chi connectivity index (χ3v) is 4.02. The van der Waals surface area contributed by atoms with E-state index in [9.17, 15) is 9.18 Å². The zero-order valence-corrected chi connectivity index (χ0v) is 11.4. The van der Waals surface area contributed by atoms with Crippen LogP contribution in [-0.2, 0) is 0 Å². The van der Waals surface area contributed by atoms with Crippen molar-refractivity contribution in [3.63, 3.8) is 0 Å². The van der Waals surface area contributed by atoms with Crippen LogP contribution >= 0.6 is 11.6 Å². The van der Waals surface area contributed by atoms with Crippen LogP contribution in [0.1, 0.15) is 36.0 Å². The van der Waals surface area contributed by atoms with Crippen molar-refractivity contribution in [3.8, 4) is 0 Å². The quantitative estimate of drug-likeness (QED) is 0.897. The van der Waals surface area contributed by atoms with Crippen LogP contribution in [0.4, 0.5) is 4.39 Å². The van der Waals surface area contributed by atoms with E-state index in [2.05, 4.69) is 5.32 Å². The Hall–Kier alpha value is -1.13. The summed E-state index contributed by atoms with van der Waals surface area (Å²) in [6.07, 6.45) is 4.12. The maximum absolute atomic E-state index is 13.8. The van der Waals surface area contributed by atoms with Gasteiger partial charge < -0.3 is 11.1 Å². The Bertz CT molecular complexity index is 467. The van der Waals surface area contributed by atoms with Crippen molar-refractivity contribution < 1.29 is 9.18 Å². The van der Waals surface area contributed by atoms with Gasteiger partial charge in [0.05, 0.1) is 10.6 Å². The molecule has 0 bridgehead atoms. The molecule has 1 aliphatic carbocycles. The minimum atomic E-state index is -0.665. The Morgan fingerprint density at radius 3 is 2.89 bits per heavy atom. The topological polar surface area (TPSA) is 55.1 Å². The lowest BCUT2D eigenvalue weighted by Crippen LogP contribution is -2.44. The molecule has 19 heavy (non-hydrogen) atoms. The van der Waals surface area contributed by atoms with E-state index in [-0.39, 0.29) is 22.5 Å². The van der Waals surface area contributed by atoms with E-state index >= 15 is 0 Å². The molecule has 0 radical (unpaired) electrons. The molecule has 1 amide bonds. The van der Waals surface area contributed by atoms with Gasteiger partial charge in [-0.2, -0.15) is 0 Å². The summed E-state index contributed by atoms with van der Waals surface area (Å²) in [5.41, 5.74) is 5.71. The molecule has 1 aliphatic rings. The van der Waals surface area contributed by atoms with E-state index in [1.807, 2.05) is 0 Å². The van der Waals surface area contributed by atoms with E-state index in [1.54, 1.807) is 6.07 Å². The fourth-order valence-corrected chi connectivity index (χ4v) is 2.78. The predicted molar refractivity (Wildman–Crippen MR) is 73.7 cm³/mol. The number of amides is 1. The minimum absolute atomic E-state index is 0.00570. The van der Waals surface area contributed by atoms with Crippen molar-refractivity contribution in [1.82, 2.24) is 5.32 Å². The van der Waals surface area contributed by atoms with E-state index in [0.29, 0.717) is 6.54 Å². The van der Waals surface area contributed by atoms with Crippen LogP contribution in [0.15, 0.2) is 18.2 Å². The molecule has 0 saturated heterocycles. The standard InChI is InChI=1S/C14H18ClFN2O/c15-11-6-3-5-10(13(11)16)14(19)18-12-7-2-1-4-9(12)8-17/h3,5-6,9,12H,1-2,4,7-8,17H2,(H,18,19). The van der Waals surface area contributed by atoms with Gasteiger partial charge in [-0.25, -0.2) is 4.39 Å². The summed E-state index contributed by atoms with van der Waals surface area (Å²) in [6.45, 7) is 0.545. The number of rotatable bonds is 3. The molecule has 0 aromatic heterocycles. The number of benzene rings is 1. The van der Waals surface area contributed by atoms with Gasteiger partial charge in [0.25, 0.3) is 5.91 Å². The fraction of sp³-hybridized carbons (Fsp3) is 0.500. The summed E-state index contributed by atoms with van der Waals surface area (Å²) in [7, 11) is 0. The second-order valence-electron chi connectivity index (χ2n) is 4.96. The van der Waals surface area contributed by atoms with Gasteiger partial charge in [0.1, 0.15) is 0 Å². The third-order valence-electron chi connectivity index (χ3n) is 3.72. The van der Waals surface area contributed by atoms with Gasteiger partial charge in [-0.3, -0.25) is 4.79 Å². The first kappa shape index (κ1) is 14.3. The average Bonchev–Trinajstić information content (AvgIpc) is 2.42. The second-order valence-corrected chi connectivity index (χ2v) is 5.37. The molecule has 3 nitrogen and oxygen atoms in total. The summed E-state index contributed by atoms with van der Waals surface area (Å²) < 4.78 is 13.8. The molecule has 1 saturated carbocycles. The molecule has 5 heteroatoms.